The molecule has 0 bridgehead atoms. The van der Waals surface area contributed by atoms with Crippen LogP contribution in [0.25, 0.3) is 22.0 Å². The molecule has 0 unspecified atom stereocenters. The van der Waals surface area contributed by atoms with Gasteiger partial charge < -0.3 is 9.72 Å². The van der Waals surface area contributed by atoms with Gasteiger partial charge in [0.25, 0.3) is 5.56 Å². The van der Waals surface area contributed by atoms with Crippen LogP contribution in [0.1, 0.15) is 0 Å². The number of methoxy groups -OCH3 is 1. The Balaban J connectivity index is 2.39. The van der Waals surface area contributed by atoms with E-state index in [0.717, 1.165) is 5.56 Å². The van der Waals surface area contributed by atoms with E-state index in [2.05, 4.69) is 9.97 Å². The molecule has 0 saturated carbocycles. The fraction of sp³-hybridized carbons (Fsp3) is 0.0667. The molecule has 2 aromatic carbocycles. The van der Waals surface area contributed by atoms with Crippen LogP contribution in [0.4, 0.5) is 0 Å². The zero-order chi connectivity index (χ0) is 15.0. The Labute approximate surface area is 130 Å². The molecule has 106 valence electrons. The van der Waals surface area contributed by atoms with E-state index in [-0.39, 0.29) is 5.56 Å². The van der Waals surface area contributed by atoms with Gasteiger partial charge in [-0.1, -0.05) is 29.3 Å². The lowest BCUT2D eigenvalue weighted by molar-refractivity contribution is 0.415. The van der Waals surface area contributed by atoms with Gasteiger partial charge in [-0.05, 0) is 23.8 Å². The van der Waals surface area contributed by atoms with Crippen molar-refractivity contribution < 1.29 is 4.74 Å². The first-order valence-corrected chi connectivity index (χ1v) is 6.86. The molecule has 0 atom stereocenters. The van der Waals surface area contributed by atoms with E-state index in [0.29, 0.717) is 32.3 Å². The Morgan fingerprint density at radius 3 is 2.67 bits per heavy atom. The molecule has 0 radical (unpaired) electrons. The minimum absolute atomic E-state index is 0.219. The third kappa shape index (κ3) is 2.48. The van der Waals surface area contributed by atoms with E-state index in [1.165, 1.54) is 6.33 Å². The van der Waals surface area contributed by atoms with Crippen molar-refractivity contribution >= 4 is 34.1 Å². The summed E-state index contributed by atoms with van der Waals surface area (Å²) in [6, 6.07) is 8.69. The number of rotatable bonds is 2. The molecular weight excluding hydrogens is 311 g/mol. The molecule has 0 aliphatic heterocycles. The number of hydrogen-bond acceptors (Lipinski definition) is 3. The molecule has 6 heteroatoms. The van der Waals surface area contributed by atoms with Gasteiger partial charge in [0, 0.05) is 11.6 Å². The summed E-state index contributed by atoms with van der Waals surface area (Å²) in [5.41, 5.74) is 1.80. The lowest BCUT2D eigenvalue weighted by Crippen LogP contribution is -2.08. The maximum absolute atomic E-state index is 12.1. The van der Waals surface area contributed by atoms with E-state index in [9.17, 15) is 4.79 Å². The lowest BCUT2D eigenvalue weighted by Gasteiger charge is -2.09. The Bertz CT molecular complexity index is 890. The molecular formula is C15H10Cl2N2O2. The van der Waals surface area contributed by atoms with Crippen LogP contribution >= 0.6 is 23.2 Å². The number of hydrogen-bond donors (Lipinski definition) is 1. The van der Waals surface area contributed by atoms with Crippen LogP contribution in [0, 0.1) is 0 Å². The molecule has 0 fully saturated rings. The van der Waals surface area contributed by atoms with Gasteiger partial charge in [-0.15, -0.1) is 0 Å². The highest BCUT2D eigenvalue weighted by Crippen LogP contribution is 2.33. The van der Waals surface area contributed by atoms with Crippen molar-refractivity contribution in [3.8, 4) is 16.9 Å². The lowest BCUT2D eigenvalue weighted by atomic mass is 10.0. The summed E-state index contributed by atoms with van der Waals surface area (Å²) in [6.45, 7) is 0. The molecule has 1 heterocycles. The van der Waals surface area contributed by atoms with E-state index >= 15 is 0 Å². The smallest absolute Gasteiger partial charge is 0.259 e. The monoisotopic (exact) mass is 320 g/mol. The number of benzene rings is 2. The fourth-order valence-electron chi connectivity index (χ4n) is 2.18. The van der Waals surface area contributed by atoms with Crippen molar-refractivity contribution in [3.63, 3.8) is 0 Å². The third-order valence-corrected chi connectivity index (χ3v) is 3.92. The number of ether oxygens (including phenoxy) is 1. The molecule has 1 N–H and O–H groups in total. The molecule has 1 aromatic heterocycles. The summed E-state index contributed by atoms with van der Waals surface area (Å²) < 4.78 is 5.27. The average molecular weight is 321 g/mol. The van der Waals surface area contributed by atoms with Gasteiger partial charge in [0.1, 0.15) is 5.75 Å². The van der Waals surface area contributed by atoms with Crippen molar-refractivity contribution in [1.29, 1.82) is 0 Å². The zero-order valence-electron chi connectivity index (χ0n) is 11.0. The molecule has 0 spiro atoms. The summed E-state index contributed by atoms with van der Waals surface area (Å²) in [5.74, 6) is 0.613. The minimum atomic E-state index is -0.219. The predicted octanol–water partition coefficient (Wildman–Crippen LogP) is 3.91. The first-order chi connectivity index (χ1) is 10.1. The number of aromatic nitrogens is 2. The summed E-state index contributed by atoms with van der Waals surface area (Å²) >= 11 is 12.0. The summed E-state index contributed by atoms with van der Waals surface area (Å²) in [5, 5.41) is 1.36. The first-order valence-electron chi connectivity index (χ1n) is 6.11. The number of nitrogens with one attached hydrogen (secondary N) is 1. The average Bonchev–Trinajstić information content (AvgIpc) is 2.49. The molecule has 0 saturated heterocycles. The molecule has 0 aliphatic rings. The second-order valence-electron chi connectivity index (χ2n) is 4.43. The van der Waals surface area contributed by atoms with Gasteiger partial charge in [-0.3, -0.25) is 4.79 Å². The Morgan fingerprint density at radius 2 is 1.95 bits per heavy atom. The van der Waals surface area contributed by atoms with Crippen molar-refractivity contribution in [2.24, 2.45) is 0 Å². The number of halogens is 2. The molecule has 4 nitrogen and oxygen atoms in total. The zero-order valence-corrected chi connectivity index (χ0v) is 12.5. The van der Waals surface area contributed by atoms with Gasteiger partial charge in [0.05, 0.1) is 34.4 Å². The topological polar surface area (TPSA) is 55.0 Å². The van der Waals surface area contributed by atoms with E-state index in [1.807, 2.05) is 0 Å². The van der Waals surface area contributed by atoms with Crippen molar-refractivity contribution in [2.75, 3.05) is 7.11 Å². The van der Waals surface area contributed by atoms with Crippen molar-refractivity contribution in [1.82, 2.24) is 9.97 Å². The highest BCUT2D eigenvalue weighted by molar-refractivity contribution is 6.42. The SMILES string of the molecule is COc1cc(-c2ccc(Cl)c(Cl)c2)c2c(=O)[nH]cnc2c1. The molecule has 3 aromatic rings. The second-order valence-corrected chi connectivity index (χ2v) is 5.24. The van der Waals surface area contributed by atoms with E-state index in [1.54, 1.807) is 37.4 Å². The first kappa shape index (κ1) is 13.9. The van der Waals surface area contributed by atoms with Crippen LogP contribution < -0.4 is 10.3 Å². The maximum Gasteiger partial charge on any atom is 0.259 e. The predicted molar refractivity (Wildman–Crippen MR) is 84.4 cm³/mol. The quantitative estimate of drug-likeness (QED) is 0.779. The molecule has 3 rings (SSSR count). The number of H-pyrrole nitrogens is 1. The van der Waals surface area contributed by atoms with Crippen molar-refractivity contribution in [3.05, 3.63) is 57.1 Å². The summed E-state index contributed by atoms with van der Waals surface area (Å²) in [6.07, 6.45) is 1.36. The Morgan fingerprint density at radius 1 is 1.14 bits per heavy atom. The van der Waals surface area contributed by atoms with Crippen LogP contribution in [0.5, 0.6) is 5.75 Å². The number of aromatic amines is 1. The third-order valence-electron chi connectivity index (χ3n) is 3.18. The standard InChI is InChI=1S/C15H10Cl2N2O2/c1-21-9-5-10(8-2-3-11(16)12(17)4-8)14-13(6-9)18-7-19-15(14)20/h2-7H,1H3,(H,18,19,20). The molecule has 0 amide bonds. The van der Waals surface area contributed by atoms with Crippen LogP contribution in [0.3, 0.4) is 0 Å². The van der Waals surface area contributed by atoms with Crippen LogP contribution in [0.15, 0.2) is 41.5 Å². The number of fused-ring (bicyclic) bond motifs is 1. The van der Waals surface area contributed by atoms with Crippen LogP contribution in [-0.4, -0.2) is 17.1 Å². The van der Waals surface area contributed by atoms with E-state index in [4.69, 9.17) is 27.9 Å². The number of nitrogens with zero attached hydrogens (tertiary/aromatic N) is 1. The highest BCUT2D eigenvalue weighted by atomic mass is 35.5. The Kier molecular flexibility index (Phi) is 3.57. The van der Waals surface area contributed by atoms with Crippen molar-refractivity contribution in [2.45, 2.75) is 0 Å². The van der Waals surface area contributed by atoms with Gasteiger partial charge >= 0.3 is 0 Å². The maximum atomic E-state index is 12.1. The molecule has 0 aliphatic carbocycles. The van der Waals surface area contributed by atoms with Gasteiger partial charge in [-0.2, -0.15) is 0 Å². The van der Waals surface area contributed by atoms with Gasteiger partial charge in [-0.25, -0.2) is 4.98 Å². The highest BCUT2D eigenvalue weighted by Gasteiger charge is 2.12. The summed E-state index contributed by atoms with van der Waals surface area (Å²) in [7, 11) is 1.56. The molecule has 21 heavy (non-hydrogen) atoms. The van der Waals surface area contributed by atoms with E-state index < -0.39 is 0 Å². The minimum Gasteiger partial charge on any atom is -0.497 e. The van der Waals surface area contributed by atoms with Crippen LogP contribution in [-0.2, 0) is 0 Å². The normalized spacial score (nSPS) is 10.8. The largest absolute Gasteiger partial charge is 0.497 e. The van der Waals surface area contributed by atoms with Gasteiger partial charge in [0.15, 0.2) is 0 Å². The second kappa shape index (κ2) is 5.39. The van der Waals surface area contributed by atoms with Crippen LogP contribution in [0.2, 0.25) is 10.0 Å². The summed E-state index contributed by atoms with van der Waals surface area (Å²) in [4.78, 5) is 18.9. The van der Waals surface area contributed by atoms with Gasteiger partial charge in [0.2, 0.25) is 0 Å². The fourth-order valence-corrected chi connectivity index (χ4v) is 2.48. The Hall–Kier alpha value is -2.04.